The zero-order valence-electron chi connectivity index (χ0n) is 13.0. The van der Waals surface area contributed by atoms with E-state index in [1.807, 2.05) is 24.3 Å². The molecule has 23 heavy (non-hydrogen) atoms. The first-order valence-electron chi connectivity index (χ1n) is 8.00. The van der Waals surface area contributed by atoms with E-state index in [2.05, 4.69) is 34.5 Å². The Balaban J connectivity index is 1.82. The summed E-state index contributed by atoms with van der Waals surface area (Å²) in [5.74, 6) is 0. The molecule has 120 valence electrons. The molecule has 0 amide bonds. The van der Waals surface area contributed by atoms with Crippen LogP contribution >= 0.6 is 11.6 Å². The average molecular weight is 329 g/mol. The minimum absolute atomic E-state index is 0.275. The van der Waals surface area contributed by atoms with Crippen molar-refractivity contribution < 1.29 is 4.79 Å². The molecule has 1 unspecified atom stereocenters. The largest absolute Gasteiger partial charge is 0.314 e. The first-order chi connectivity index (χ1) is 11.3. The van der Waals surface area contributed by atoms with Crippen molar-refractivity contribution in [1.29, 1.82) is 0 Å². The lowest BCUT2D eigenvalue weighted by atomic mass is 10.0. The van der Waals surface area contributed by atoms with Crippen LogP contribution < -0.4 is 5.32 Å². The highest BCUT2D eigenvalue weighted by Gasteiger charge is 2.21. The van der Waals surface area contributed by atoms with Crippen LogP contribution in [0.25, 0.3) is 11.1 Å². The van der Waals surface area contributed by atoms with Crippen LogP contribution in [0.5, 0.6) is 0 Å². The normalized spacial score (nSPS) is 18.7. The Morgan fingerprint density at radius 1 is 1.22 bits per heavy atom. The Morgan fingerprint density at radius 3 is 2.83 bits per heavy atom. The second-order valence-electron chi connectivity index (χ2n) is 5.91. The smallest absolute Gasteiger partial charge is 0.121 e. The zero-order chi connectivity index (χ0) is 16.1. The van der Waals surface area contributed by atoms with Crippen LogP contribution in [-0.4, -0.2) is 36.9 Å². The van der Waals surface area contributed by atoms with Crippen LogP contribution in [-0.2, 0) is 11.3 Å². The van der Waals surface area contributed by atoms with Gasteiger partial charge < -0.3 is 10.1 Å². The van der Waals surface area contributed by atoms with Gasteiger partial charge in [-0.25, -0.2) is 0 Å². The number of benzene rings is 2. The number of hydrogen-bond acceptors (Lipinski definition) is 3. The number of hydrogen-bond donors (Lipinski definition) is 1. The maximum absolute atomic E-state index is 10.9. The van der Waals surface area contributed by atoms with Crippen molar-refractivity contribution in [2.24, 2.45) is 0 Å². The molecule has 0 spiro atoms. The van der Waals surface area contributed by atoms with Crippen molar-refractivity contribution in [3.05, 3.63) is 59.1 Å². The second kappa shape index (κ2) is 7.73. The molecule has 0 saturated carbocycles. The van der Waals surface area contributed by atoms with Crippen molar-refractivity contribution in [3.63, 3.8) is 0 Å². The molecule has 1 aliphatic heterocycles. The minimum Gasteiger partial charge on any atom is -0.314 e. The topological polar surface area (TPSA) is 32.3 Å². The molecule has 1 heterocycles. The summed E-state index contributed by atoms with van der Waals surface area (Å²) >= 11 is 6.38. The molecule has 0 radical (unpaired) electrons. The number of carbonyl (C=O) groups excluding carboxylic acids is 1. The monoisotopic (exact) mass is 328 g/mol. The van der Waals surface area contributed by atoms with E-state index in [-0.39, 0.29) is 6.04 Å². The van der Waals surface area contributed by atoms with Crippen LogP contribution in [0.3, 0.4) is 0 Å². The summed E-state index contributed by atoms with van der Waals surface area (Å²) in [6.07, 6.45) is 1.59. The molecule has 1 saturated heterocycles. The van der Waals surface area contributed by atoms with Crippen LogP contribution in [0.1, 0.15) is 12.0 Å². The molecule has 1 atom stereocenters. The molecule has 3 rings (SSSR count). The molecular formula is C19H21ClN2O. The molecule has 1 N–H and O–H groups in total. The SMILES string of the molecule is O=CCC1CNCCN1Cc1ccc(Cl)c(-c2ccccc2)c1. The molecule has 4 heteroatoms. The number of halogens is 1. The van der Waals surface area contributed by atoms with Crippen molar-refractivity contribution in [1.82, 2.24) is 10.2 Å². The third kappa shape index (κ3) is 3.99. The highest BCUT2D eigenvalue weighted by atomic mass is 35.5. The lowest BCUT2D eigenvalue weighted by Crippen LogP contribution is -2.50. The third-order valence-corrected chi connectivity index (χ3v) is 4.67. The maximum Gasteiger partial charge on any atom is 0.121 e. The summed E-state index contributed by atoms with van der Waals surface area (Å²) in [5, 5.41) is 4.13. The fraction of sp³-hybridized carbons (Fsp3) is 0.316. The number of nitrogens with zero attached hydrogens (tertiary/aromatic N) is 1. The van der Waals surface area contributed by atoms with E-state index in [1.54, 1.807) is 0 Å². The van der Waals surface area contributed by atoms with Gasteiger partial charge in [-0.1, -0.05) is 48.0 Å². The van der Waals surface area contributed by atoms with Gasteiger partial charge in [0.1, 0.15) is 6.29 Å². The maximum atomic E-state index is 10.9. The minimum atomic E-state index is 0.275. The molecule has 0 aliphatic carbocycles. The average Bonchev–Trinajstić information content (AvgIpc) is 2.59. The van der Waals surface area contributed by atoms with E-state index in [4.69, 9.17) is 11.6 Å². The first-order valence-corrected chi connectivity index (χ1v) is 8.38. The van der Waals surface area contributed by atoms with Gasteiger partial charge in [0.05, 0.1) is 0 Å². The highest BCUT2D eigenvalue weighted by Crippen LogP contribution is 2.29. The quantitative estimate of drug-likeness (QED) is 0.854. The van der Waals surface area contributed by atoms with E-state index in [0.717, 1.165) is 48.6 Å². The molecule has 2 aromatic rings. The van der Waals surface area contributed by atoms with Crippen LogP contribution in [0, 0.1) is 0 Å². The number of carbonyl (C=O) groups is 1. The summed E-state index contributed by atoms with van der Waals surface area (Å²) in [4.78, 5) is 13.3. The number of nitrogens with one attached hydrogen (secondary N) is 1. The summed E-state index contributed by atoms with van der Waals surface area (Å²) in [7, 11) is 0. The van der Waals surface area contributed by atoms with Gasteiger partial charge in [0.15, 0.2) is 0 Å². The Hall–Kier alpha value is -1.68. The van der Waals surface area contributed by atoms with Crippen LogP contribution in [0.4, 0.5) is 0 Å². The van der Waals surface area contributed by atoms with Gasteiger partial charge in [0.25, 0.3) is 0 Å². The fourth-order valence-electron chi connectivity index (χ4n) is 3.10. The van der Waals surface area contributed by atoms with Gasteiger partial charge in [-0.05, 0) is 23.3 Å². The summed E-state index contributed by atoms with van der Waals surface area (Å²) in [6, 6.07) is 16.7. The predicted octanol–water partition coefficient (Wildman–Crippen LogP) is 3.37. The summed E-state index contributed by atoms with van der Waals surface area (Å²) in [6.45, 7) is 3.64. The van der Waals surface area contributed by atoms with Gasteiger partial charge in [0.2, 0.25) is 0 Å². The Labute approximate surface area is 142 Å². The van der Waals surface area contributed by atoms with Gasteiger partial charge >= 0.3 is 0 Å². The van der Waals surface area contributed by atoms with Gasteiger partial charge in [-0.2, -0.15) is 0 Å². The first kappa shape index (κ1) is 16.2. The van der Waals surface area contributed by atoms with Crippen LogP contribution in [0.15, 0.2) is 48.5 Å². The molecule has 3 nitrogen and oxygen atoms in total. The lowest BCUT2D eigenvalue weighted by molar-refractivity contribution is -0.109. The molecule has 1 aliphatic rings. The van der Waals surface area contributed by atoms with Crippen molar-refractivity contribution in [2.75, 3.05) is 19.6 Å². The lowest BCUT2D eigenvalue weighted by Gasteiger charge is -2.35. The molecule has 1 fully saturated rings. The molecule has 2 aromatic carbocycles. The molecule has 0 aromatic heterocycles. The number of aldehydes is 1. The van der Waals surface area contributed by atoms with E-state index in [9.17, 15) is 4.79 Å². The van der Waals surface area contributed by atoms with Crippen molar-refractivity contribution in [2.45, 2.75) is 19.0 Å². The summed E-state index contributed by atoms with van der Waals surface area (Å²) < 4.78 is 0. The fourth-order valence-corrected chi connectivity index (χ4v) is 3.33. The third-order valence-electron chi connectivity index (χ3n) is 4.34. The van der Waals surface area contributed by atoms with E-state index >= 15 is 0 Å². The van der Waals surface area contributed by atoms with Gasteiger partial charge in [-0.15, -0.1) is 0 Å². The van der Waals surface area contributed by atoms with Crippen molar-refractivity contribution in [3.8, 4) is 11.1 Å². The Bertz CT molecular complexity index is 660. The standard InChI is InChI=1S/C19H21ClN2O/c20-19-7-6-15(12-18(19)16-4-2-1-3-5-16)14-22-10-9-21-13-17(22)8-11-23/h1-7,11-12,17,21H,8-10,13-14H2. The second-order valence-corrected chi connectivity index (χ2v) is 6.32. The van der Waals surface area contributed by atoms with Crippen molar-refractivity contribution >= 4 is 17.9 Å². The van der Waals surface area contributed by atoms with E-state index in [1.165, 1.54) is 5.56 Å². The zero-order valence-corrected chi connectivity index (χ0v) is 13.8. The summed E-state index contributed by atoms with van der Waals surface area (Å²) in [5.41, 5.74) is 3.42. The molecule has 0 bridgehead atoms. The number of rotatable bonds is 5. The number of piperazine rings is 1. The Morgan fingerprint density at radius 2 is 2.04 bits per heavy atom. The Kier molecular flexibility index (Phi) is 5.44. The van der Waals surface area contributed by atoms with E-state index in [0.29, 0.717) is 6.42 Å². The highest BCUT2D eigenvalue weighted by molar-refractivity contribution is 6.33. The van der Waals surface area contributed by atoms with Gasteiger partial charge in [-0.3, -0.25) is 4.90 Å². The molecular weight excluding hydrogens is 308 g/mol. The predicted molar refractivity (Wildman–Crippen MR) is 94.6 cm³/mol. The van der Waals surface area contributed by atoms with Crippen LogP contribution in [0.2, 0.25) is 5.02 Å². The van der Waals surface area contributed by atoms with Gasteiger partial charge in [0, 0.05) is 49.2 Å². The van der Waals surface area contributed by atoms with E-state index < -0.39 is 0 Å².